The topological polar surface area (TPSA) is 61.8 Å². The van der Waals surface area contributed by atoms with Gasteiger partial charge in [-0.25, -0.2) is 0 Å². The summed E-state index contributed by atoms with van der Waals surface area (Å²) < 4.78 is 0. The summed E-state index contributed by atoms with van der Waals surface area (Å²) in [5.74, 6) is 0.169. The van der Waals surface area contributed by atoms with Crippen LogP contribution in [0.15, 0.2) is 23.4 Å². The van der Waals surface area contributed by atoms with Crippen LogP contribution in [0.3, 0.4) is 0 Å². The van der Waals surface area contributed by atoms with Gasteiger partial charge in [0.05, 0.1) is 0 Å². The van der Waals surface area contributed by atoms with Crippen molar-refractivity contribution in [3.05, 3.63) is 29.3 Å². The Morgan fingerprint density at radius 2 is 2.06 bits per heavy atom. The van der Waals surface area contributed by atoms with Crippen LogP contribution >= 0.6 is 0 Å². The van der Waals surface area contributed by atoms with E-state index in [1.165, 1.54) is 31.4 Å². The molecular weight excluding hydrogens is 226 g/mol. The summed E-state index contributed by atoms with van der Waals surface area (Å²) in [5, 5.41) is 11.8. The molecule has 4 heteroatoms. The summed E-state index contributed by atoms with van der Waals surface area (Å²) in [4.78, 5) is 2.34. The van der Waals surface area contributed by atoms with E-state index in [4.69, 9.17) is 10.9 Å². The van der Waals surface area contributed by atoms with Gasteiger partial charge in [0.25, 0.3) is 0 Å². The first kappa shape index (κ1) is 12.7. The highest BCUT2D eigenvalue weighted by atomic mass is 16.4. The van der Waals surface area contributed by atoms with Gasteiger partial charge in [-0.05, 0) is 43.5 Å². The van der Waals surface area contributed by atoms with Gasteiger partial charge in [-0.2, -0.15) is 0 Å². The molecule has 1 aliphatic rings. The molecule has 0 atom stereocenters. The molecule has 1 saturated carbocycles. The Bertz CT molecular complexity index is 450. The van der Waals surface area contributed by atoms with Gasteiger partial charge in [0.1, 0.15) is 0 Å². The number of anilines is 1. The lowest BCUT2D eigenvalue weighted by Gasteiger charge is -2.27. The lowest BCUT2D eigenvalue weighted by Crippen LogP contribution is -2.29. The van der Waals surface area contributed by atoms with Crippen molar-refractivity contribution >= 4 is 11.5 Å². The molecule has 1 fully saturated rings. The van der Waals surface area contributed by atoms with Gasteiger partial charge in [0.2, 0.25) is 0 Å². The highest BCUT2D eigenvalue weighted by Gasteiger charge is 2.20. The van der Waals surface area contributed by atoms with Crippen LogP contribution in [0.4, 0.5) is 5.69 Å². The Morgan fingerprint density at radius 3 is 2.61 bits per heavy atom. The van der Waals surface area contributed by atoms with E-state index >= 15 is 0 Å². The third kappa shape index (κ3) is 2.42. The van der Waals surface area contributed by atoms with E-state index in [9.17, 15) is 0 Å². The second-order valence-electron chi connectivity index (χ2n) is 5.03. The predicted molar refractivity (Wildman–Crippen MR) is 74.3 cm³/mol. The van der Waals surface area contributed by atoms with Crippen LogP contribution in [0.2, 0.25) is 0 Å². The van der Waals surface area contributed by atoms with Gasteiger partial charge < -0.3 is 15.8 Å². The van der Waals surface area contributed by atoms with E-state index in [0.29, 0.717) is 6.04 Å². The summed E-state index contributed by atoms with van der Waals surface area (Å²) in [6.07, 6.45) is 5.21. The van der Waals surface area contributed by atoms with Crippen LogP contribution in [-0.4, -0.2) is 24.1 Å². The number of nitrogens with two attached hydrogens (primary N) is 1. The SMILES string of the molecule is Cc1cc(N(C)C2CCCC2)ccc1/C(N)=N/O. The number of hydrogen-bond acceptors (Lipinski definition) is 3. The van der Waals surface area contributed by atoms with Crippen molar-refractivity contribution in [3.8, 4) is 0 Å². The molecule has 0 unspecified atom stereocenters. The van der Waals surface area contributed by atoms with Gasteiger partial charge >= 0.3 is 0 Å². The third-order valence-corrected chi connectivity index (χ3v) is 3.87. The zero-order chi connectivity index (χ0) is 13.1. The van der Waals surface area contributed by atoms with Crippen LogP contribution in [-0.2, 0) is 0 Å². The Balaban J connectivity index is 2.22. The number of oxime groups is 1. The highest BCUT2D eigenvalue weighted by Crippen LogP contribution is 2.28. The molecule has 0 aliphatic heterocycles. The molecule has 0 bridgehead atoms. The summed E-state index contributed by atoms with van der Waals surface area (Å²) >= 11 is 0. The molecule has 18 heavy (non-hydrogen) atoms. The van der Waals surface area contributed by atoms with E-state index in [-0.39, 0.29) is 5.84 Å². The van der Waals surface area contributed by atoms with Crippen LogP contribution < -0.4 is 10.6 Å². The van der Waals surface area contributed by atoms with Crippen molar-refractivity contribution in [1.82, 2.24) is 0 Å². The standard InChI is InChI=1S/C14H21N3O/c1-10-9-12(7-8-13(10)14(15)16-18)17(2)11-5-3-4-6-11/h7-9,11,18H,3-6H2,1-2H3,(H2,15,16). The zero-order valence-electron chi connectivity index (χ0n) is 11.1. The van der Waals surface area contributed by atoms with Crippen molar-refractivity contribution in [1.29, 1.82) is 0 Å². The van der Waals surface area contributed by atoms with Crippen molar-refractivity contribution < 1.29 is 5.21 Å². The Kier molecular flexibility index (Phi) is 3.75. The number of aryl methyl sites for hydroxylation is 1. The second kappa shape index (κ2) is 5.29. The molecular formula is C14H21N3O. The molecule has 4 nitrogen and oxygen atoms in total. The van der Waals surface area contributed by atoms with Gasteiger partial charge in [-0.1, -0.05) is 18.0 Å². The van der Waals surface area contributed by atoms with Crippen LogP contribution in [0.25, 0.3) is 0 Å². The molecule has 0 saturated heterocycles. The molecule has 0 heterocycles. The maximum absolute atomic E-state index is 8.72. The van der Waals surface area contributed by atoms with E-state index in [2.05, 4.69) is 23.2 Å². The summed E-state index contributed by atoms with van der Waals surface area (Å²) in [6.45, 7) is 1.99. The Morgan fingerprint density at radius 1 is 1.39 bits per heavy atom. The van der Waals surface area contributed by atoms with Crippen molar-refractivity contribution in [3.63, 3.8) is 0 Å². The fraction of sp³-hybridized carbons (Fsp3) is 0.500. The average Bonchev–Trinajstić information content (AvgIpc) is 2.90. The summed E-state index contributed by atoms with van der Waals surface area (Å²) in [6, 6.07) is 6.72. The van der Waals surface area contributed by atoms with Crippen molar-refractivity contribution in [2.45, 2.75) is 38.6 Å². The van der Waals surface area contributed by atoms with E-state index in [0.717, 1.165) is 11.1 Å². The minimum atomic E-state index is 0.169. The van der Waals surface area contributed by atoms with Crippen LogP contribution in [0.1, 0.15) is 36.8 Å². The summed E-state index contributed by atoms with van der Waals surface area (Å²) in [5.41, 5.74) is 8.66. The normalized spacial score (nSPS) is 17.1. The van der Waals surface area contributed by atoms with E-state index in [1.54, 1.807) is 0 Å². The first-order chi connectivity index (χ1) is 8.63. The number of nitrogens with zero attached hydrogens (tertiary/aromatic N) is 2. The smallest absolute Gasteiger partial charge is 0.170 e. The predicted octanol–water partition coefficient (Wildman–Crippen LogP) is 2.47. The highest BCUT2D eigenvalue weighted by molar-refractivity contribution is 5.98. The number of benzene rings is 1. The second-order valence-corrected chi connectivity index (χ2v) is 5.03. The number of hydrogen-bond donors (Lipinski definition) is 2. The van der Waals surface area contributed by atoms with Gasteiger partial charge in [-0.15, -0.1) is 0 Å². The molecule has 0 radical (unpaired) electrons. The molecule has 2 rings (SSSR count). The lowest BCUT2D eigenvalue weighted by molar-refractivity contribution is 0.318. The van der Waals surface area contributed by atoms with Gasteiger partial charge in [0, 0.05) is 24.3 Å². The average molecular weight is 247 g/mol. The first-order valence-corrected chi connectivity index (χ1v) is 6.45. The maximum atomic E-state index is 8.72. The maximum Gasteiger partial charge on any atom is 0.170 e. The molecule has 1 aromatic rings. The van der Waals surface area contributed by atoms with Crippen molar-refractivity contribution in [2.24, 2.45) is 10.9 Å². The quantitative estimate of drug-likeness (QED) is 0.373. The first-order valence-electron chi connectivity index (χ1n) is 6.45. The fourth-order valence-electron chi connectivity index (χ4n) is 2.71. The molecule has 0 aromatic heterocycles. The Labute approximate surface area is 108 Å². The lowest BCUT2D eigenvalue weighted by atomic mass is 10.1. The van der Waals surface area contributed by atoms with Gasteiger partial charge in [-0.3, -0.25) is 0 Å². The Hall–Kier alpha value is -1.71. The van der Waals surface area contributed by atoms with E-state index in [1.807, 2.05) is 19.1 Å². The third-order valence-electron chi connectivity index (χ3n) is 3.87. The molecule has 1 aliphatic carbocycles. The largest absolute Gasteiger partial charge is 0.409 e. The molecule has 3 N–H and O–H groups in total. The zero-order valence-corrected chi connectivity index (χ0v) is 11.1. The molecule has 1 aromatic carbocycles. The van der Waals surface area contributed by atoms with Crippen LogP contribution in [0.5, 0.6) is 0 Å². The molecule has 0 amide bonds. The van der Waals surface area contributed by atoms with E-state index < -0.39 is 0 Å². The van der Waals surface area contributed by atoms with Crippen LogP contribution in [0, 0.1) is 6.92 Å². The minimum absolute atomic E-state index is 0.169. The fourth-order valence-corrected chi connectivity index (χ4v) is 2.71. The number of amidine groups is 1. The molecule has 98 valence electrons. The molecule has 0 spiro atoms. The van der Waals surface area contributed by atoms with Crippen molar-refractivity contribution in [2.75, 3.05) is 11.9 Å². The summed E-state index contributed by atoms with van der Waals surface area (Å²) in [7, 11) is 2.15. The monoisotopic (exact) mass is 247 g/mol. The minimum Gasteiger partial charge on any atom is -0.409 e. The number of rotatable bonds is 3. The van der Waals surface area contributed by atoms with Gasteiger partial charge in [0.15, 0.2) is 5.84 Å².